The standard InChI is InChI=1S/C44H28O/c1-3-11-29(12-4-1)33-24-26-41-40(27-33)35-25-23-34(28-42(35)45-41)30-19-21-32(22-20-30)44-38-17-9-7-15-36(38)43(31-13-5-2-6-14-31)37-16-8-10-18-39(37)44/h1-28H/i19D,20D,21D,22D. The van der Waals surface area contributed by atoms with Gasteiger partial charge in [-0.1, -0.05) is 145 Å². The predicted octanol–water partition coefficient (Wildman–Crippen LogP) is 12.6. The van der Waals surface area contributed by atoms with E-state index in [-0.39, 0.29) is 29.7 Å². The molecule has 0 fully saturated rings. The first-order valence-corrected chi connectivity index (χ1v) is 15.1. The van der Waals surface area contributed by atoms with Crippen molar-refractivity contribution in [1.29, 1.82) is 0 Å². The van der Waals surface area contributed by atoms with Gasteiger partial charge < -0.3 is 4.42 Å². The molecule has 1 nitrogen and oxygen atoms in total. The predicted molar refractivity (Wildman–Crippen MR) is 190 cm³/mol. The van der Waals surface area contributed by atoms with Crippen LogP contribution in [0.5, 0.6) is 0 Å². The normalized spacial score (nSPS) is 12.8. The summed E-state index contributed by atoms with van der Waals surface area (Å²) in [5.74, 6) is 0. The van der Waals surface area contributed by atoms with Gasteiger partial charge in [-0.2, -0.15) is 0 Å². The monoisotopic (exact) mass is 576 g/mol. The van der Waals surface area contributed by atoms with Gasteiger partial charge in [-0.3, -0.25) is 0 Å². The molecule has 0 saturated heterocycles. The van der Waals surface area contributed by atoms with Crippen LogP contribution in [-0.2, 0) is 0 Å². The molecule has 0 bridgehead atoms. The van der Waals surface area contributed by atoms with Crippen molar-refractivity contribution in [1.82, 2.24) is 0 Å². The Morgan fingerprint density at radius 3 is 1.42 bits per heavy atom. The van der Waals surface area contributed by atoms with Gasteiger partial charge in [0.2, 0.25) is 0 Å². The first-order valence-electron chi connectivity index (χ1n) is 17.1. The second-order valence-electron chi connectivity index (χ2n) is 11.3. The van der Waals surface area contributed by atoms with E-state index in [1.807, 2.05) is 103 Å². The number of rotatable bonds is 4. The van der Waals surface area contributed by atoms with E-state index in [9.17, 15) is 5.48 Å². The summed E-state index contributed by atoms with van der Waals surface area (Å²) in [7, 11) is 0. The third-order valence-electron chi connectivity index (χ3n) is 8.74. The van der Waals surface area contributed by atoms with Crippen LogP contribution in [0, 0.1) is 0 Å². The maximum Gasteiger partial charge on any atom is 0.136 e. The maximum atomic E-state index is 9.37. The zero-order valence-electron chi connectivity index (χ0n) is 28.3. The lowest BCUT2D eigenvalue weighted by atomic mass is 9.86. The third kappa shape index (κ3) is 4.24. The summed E-state index contributed by atoms with van der Waals surface area (Å²) in [5, 5.41) is 5.66. The summed E-state index contributed by atoms with van der Waals surface area (Å²) in [6.07, 6.45) is 0. The molecule has 0 atom stereocenters. The van der Waals surface area contributed by atoms with E-state index in [2.05, 4.69) is 42.5 Å². The SMILES string of the molecule is [2H]c1c([2H])c(-c2c3ccccc3c(-c3ccccc3)c3ccccc23)c([2H])c([2H])c1-c1ccc2c(c1)oc1ccc(-c3ccccc3)cc12. The Labute approximate surface area is 267 Å². The molecule has 0 aliphatic carbocycles. The van der Waals surface area contributed by atoms with Crippen molar-refractivity contribution < 1.29 is 9.90 Å². The lowest BCUT2D eigenvalue weighted by molar-refractivity contribution is 0.669. The highest BCUT2D eigenvalue weighted by Gasteiger charge is 2.16. The molecule has 0 radical (unpaired) electrons. The first-order chi connectivity index (χ1) is 24.0. The van der Waals surface area contributed by atoms with Crippen molar-refractivity contribution in [3.05, 3.63) is 170 Å². The van der Waals surface area contributed by atoms with E-state index in [1.165, 1.54) is 0 Å². The number of benzene rings is 8. The largest absolute Gasteiger partial charge is 0.456 e. The van der Waals surface area contributed by atoms with E-state index < -0.39 is 0 Å². The molecule has 8 aromatic carbocycles. The van der Waals surface area contributed by atoms with Crippen LogP contribution in [0.1, 0.15) is 5.48 Å². The minimum absolute atomic E-state index is 0.0732. The molecule has 0 aliphatic heterocycles. The molecule has 45 heavy (non-hydrogen) atoms. The van der Waals surface area contributed by atoms with Crippen LogP contribution in [0.3, 0.4) is 0 Å². The Bertz CT molecular complexity index is 2660. The number of hydrogen-bond donors (Lipinski definition) is 0. The second-order valence-corrected chi connectivity index (χ2v) is 11.3. The first kappa shape index (κ1) is 21.7. The molecular formula is C44H28O. The highest BCUT2D eigenvalue weighted by atomic mass is 16.3. The van der Waals surface area contributed by atoms with E-state index in [4.69, 9.17) is 4.42 Å². The second kappa shape index (κ2) is 10.4. The molecule has 210 valence electrons. The minimum Gasteiger partial charge on any atom is -0.456 e. The number of furan rings is 1. The molecule has 1 heteroatoms. The zero-order chi connectivity index (χ0) is 33.2. The molecule has 0 aliphatic rings. The van der Waals surface area contributed by atoms with E-state index in [0.717, 1.165) is 60.2 Å². The van der Waals surface area contributed by atoms with Gasteiger partial charge in [0.1, 0.15) is 11.2 Å². The number of hydrogen-bond acceptors (Lipinski definition) is 1. The summed E-state index contributed by atoms with van der Waals surface area (Å²) >= 11 is 0. The molecule has 9 aromatic rings. The highest BCUT2D eigenvalue weighted by molar-refractivity contribution is 6.21. The topological polar surface area (TPSA) is 13.1 Å². The average molecular weight is 577 g/mol. The van der Waals surface area contributed by atoms with Crippen molar-refractivity contribution in [2.75, 3.05) is 0 Å². The Morgan fingerprint density at radius 1 is 0.311 bits per heavy atom. The van der Waals surface area contributed by atoms with Crippen LogP contribution >= 0.6 is 0 Å². The molecular weight excluding hydrogens is 544 g/mol. The molecule has 0 amide bonds. The van der Waals surface area contributed by atoms with Crippen LogP contribution in [0.2, 0.25) is 0 Å². The quantitative estimate of drug-likeness (QED) is 0.190. The van der Waals surface area contributed by atoms with Crippen LogP contribution in [0.15, 0.2) is 174 Å². The van der Waals surface area contributed by atoms with Crippen LogP contribution in [0.4, 0.5) is 0 Å². The fourth-order valence-electron chi connectivity index (χ4n) is 6.64. The van der Waals surface area contributed by atoms with E-state index in [0.29, 0.717) is 22.3 Å². The molecule has 0 saturated carbocycles. The fraction of sp³-hybridized carbons (Fsp3) is 0. The third-order valence-corrected chi connectivity index (χ3v) is 8.74. The summed E-state index contributed by atoms with van der Waals surface area (Å²) in [6.45, 7) is 0. The average Bonchev–Trinajstić information content (AvgIpc) is 3.52. The van der Waals surface area contributed by atoms with Crippen molar-refractivity contribution in [3.63, 3.8) is 0 Å². The van der Waals surface area contributed by atoms with Crippen LogP contribution < -0.4 is 0 Å². The smallest absolute Gasteiger partial charge is 0.136 e. The Morgan fingerprint density at radius 2 is 0.800 bits per heavy atom. The van der Waals surface area contributed by atoms with Gasteiger partial charge in [0.05, 0.1) is 5.48 Å². The van der Waals surface area contributed by atoms with Gasteiger partial charge in [-0.15, -0.1) is 0 Å². The minimum atomic E-state index is -0.0851. The van der Waals surface area contributed by atoms with E-state index >= 15 is 0 Å². The highest BCUT2D eigenvalue weighted by Crippen LogP contribution is 2.44. The van der Waals surface area contributed by atoms with Gasteiger partial charge in [0.25, 0.3) is 0 Å². The maximum absolute atomic E-state index is 9.37. The van der Waals surface area contributed by atoms with Crippen molar-refractivity contribution in [2.24, 2.45) is 0 Å². The van der Waals surface area contributed by atoms with E-state index in [1.54, 1.807) is 0 Å². The molecule has 0 spiro atoms. The van der Waals surface area contributed by atoms with Gasteiger partial charge in [0.15, 0.2) is 0 Å². The molecule has 0 N–H and O–H groups in total. The molecule has 1 aromatic heterocycles. The van der Waals surface area contributed by atoms with Crippen molar-refractivity contribution in [3.8, 4) is 44.5 Å². The molecule has 0 unspecified atom stereocenters. The zero-order valence-corrected chi connectivity index (χ0v) is 24.3. The number of fused-ring (bicyclic) bond motifs is 5. The summed E-state index contributed by atoms with van der Waals surface area (Å²) in [4.78, 5) is 0. The molecule has 1 heterocycles. The Kier molecular flexibility index (Phi) is 5.00. The Balaban J connectivity index is 1.25. The fourth-order valence-corrected chi connectivity index (χ4v) is 6.64. The lowest BCUT2D eigenvalue weighted by Crippen LogP contribution is -1.90. The van der Waals surface area contributed by atoms with Crippen LogP contribution in [-0.4, -0.2) is 0 Å². The summed E-state index contributed by atoms with van der Waals surface area (Å²) in [5.41, 5.74) is 7.58. The molecule has 9 rings (SSSR count). The summed E-state index contributed by atoms with van der Waals surface area (Å²) < 4.78 is 43.5. The van der Waals surface area contributed by atoms with Gasteiger partial charge in [0, 0.05) is 10.8 Å². The van der Waals surface area contributed by atoms with Crippen molar-refractivity contribution in [2.45, 2.75) is 0 Å². The van der Waals surface area contributed by atoms with Crippen LogP contribution in [0.25, 0.3) is 88.0 Å². The lowest BCUT2D eigenvalue weighted by Gasteiger charge is -2.18. The summed E-state index contributed by atoms with van der Waals surface area (Å²) in [6, 6.07) is 48.0. The Hall–Kier alpha value is -5.92. The van der Waals surface area contributed by atoms with Gasteiger partial charge in [-0.05, 0) is 90.3 Å². The van der Waals surface area contributed by atoms with Gasteiger partial charge in [-0.25, -0.2) is 0 Å². The van der Waals surface area contributed by atoms with Crippen molar-refractivity contribution >= 4 is 43.5 Å². The van der Waals surface area contributed by atoms with Gasteiger partial charge >= 0.3 is 0 Å².